The molecular formula is C17H34N2O. The molecule has 1 amide bonds. The lowest BCUT2D eigenvalue weighted by atomic mass is 9.79. The van der Waals surface area contributed by atoms with Crippen molar-refractivity contribution in [1.29, 1.82) is 0 Å². The van der Waals surface area contributed by atoms with Gasteiger partial charge in [-0.3, -0.25) is 4.79 Å². The van der Waals surface area contributed by atoms with E-state index in [0.29, 0.717) is 18.3 Å². The van der Waals surface area contributed by atoms with E-state index in [0.717, 1.165) is 19.5 Å². The monoisotopic (exact) mass is 282 g/mol. The fourth-order valence-corrected chi connectivity index (χ4v) is 3.26. The molecule has 3 heteroatoms. The van der Waals surface area contributed by atoms with Crippen LogP contribution in [0.25, 0.3) is 0 Å². The van der Waals surface area contributed by atoms with Gasteiger partial charge in [0.2, 0.25) is 5.91 Å². The lowest BCUT2D eigenvalue weighted by Gasteiger charge is -2.30. The Morgan fingerprint density at radius 3 is 2.40 bits per heavy atom. The quantitative estimate of drug-likeness (QED) is 0.601. The van der Waals surface area contributed by atoms with E-state index in [1.807, 2.05) is 0 Å². The van der Waals surface area contributed by atoms with E-state index in [9.17, 15) is 4.79 Å². The van der Waals surface area contributed by atoms with Gasteiger partial charge in [-0.25, -0.2) is 0 Å². The van der Waals surface area contributed by atoms with Gasteiger partial charge in [-0.2, -0.15) is 0 Å². The fourth-order valence-electron chi connectivity index (χ4n) is 3.26. The third-order valence-electron chi connectivity index (χ3n) is 4.69. The number of carbonyl (C=O) groups excluding carboxylic acids is 1. The molecule has 2 unspecified atom stereocenters. The van der Waals surface area contributed by atoms with Gasteiger partial charge in [0.05, 0.1) is 0 Å². The molecule has 20 heavy (non-hydrogen) atoms. The molecule has 2 atom stereocenters. The highest BCUT2D eigenvalue weighted by molar-refractivity contribution is 5.75. The minimum absolute atomic E-state index is 0.238. The average molecular weight is 282 g/mol. The summed E-state index contributed by atoms with van der Waals surface area (Å²) in [6.45, 7) is 3.85. The molecule has 0 saturated heterocycles. The van der Waals surface area contributed by atoms with Crippen molar-refractivity contribution < 1.29 is 4.79 Å². The minimum atomic E-state index is 0.238. The molecule has 0 aliphatic heterocycles. The maximum Gasteiger partial charge on any atom is 0.220 e. The van der Waals surface area contributed by atoms with E-state index >= 15 is 0 Å². The lowest BCUT2D eigenvalue weighted by molar-refractivity contribution is -0.121. The SMILES string of the molecule is CCCCCCCCC(=O)NCC1CCCCC1CN. The summed E-state index contributed by atoms with van der Waals surface area (Å²) in [4.78, 5) is 11.8. The van der Waals surface area contributed by atoms with E-state index in [1.54, 1.807) is 0 Å². The first-order valence-electron chi connectivity index (χ1n) is 8.74. The molecule has 118 valence electrons. The van der Waals surface area contributed by atoms with Crippen LogP contribution in [0.15, 0.2) is 0 Å². The van der Waals surface area contributed by atoms with Gasteiger partial charge in [0.1, 0.15) is 0 Å². The number of nitrogens with one attached hydrogen (secondary N) is 1. The zero-order chi connectivity index (χ0) is 14.6. The molecule has 3 nitrogen and oxygen atoms in total. The summed E-state index contributed by atoms with van der Waals surface area (Å²) in [5, 5.41) is 3.12. The molecule has 1 saturated carbocycles. The minimum Gasteiger partial charge on any atom is -0.356 e. The molecular weight excluding hydrogens is 248 g/mol. The largest absolute Gasteiger partial charge is 0.356 e. The van der Waals surface area contributed by atoms with Crippen LogP contribution in [-0.2, 0) is 4.79 Å². The molecule has 1 fully saturated rings. The number of amides is 1. The van der Waals surface area contributed by atoms with Crippen molar-refractivity contribution >= 4 is 5.91 Å². The van der Waals surface area contributed by atoms with Crippen LogP contribution in [0.1, 0.15) is 77.6 Å². The number of unbranched alkanes of at least 4 members (excludes halogenated alkanes) is 5. The molecule has 0 aromatic rings. The number of rotatable bonds is 10. The molecule has 1 aliphatic rings. The van der Waals surface area contributed by atoms with Crippen LogP contribution in [0, 0.1) is 11.8 Å². The van der Waals surface area contributed by atoms with Gasteiger partial charge in [-0.05, 0) is 37.6 Å². The number of hydrogen-bond donors (Lipinski definition) is 2. The average Bonchev–Trinajstić information content (AvgIpc) is 2.49. The molecule has 1 rings (SSSR count). The first kappa shape index (κ1) is 17.5. The zero-order valence-corrected chi connectivity index (χ0v) is 13.3. The Labute approximate surface area is 125 Å². The van der Waals surface area contributed by atoms with E-state index in [-0.39, 0.29) is 5.91 Å². The molecule has 0 bridgehead atoms. The van der Waals surface area contributed by atoms with E-state index in [2.05, 4.69) is 12.2 Å². The zero-order valence-electron chi connectivity index (χ0n) is 13.3. The van der Waals surface area contributed by atoms with Gasteiger partial charge < -0.3 is 11.1 Å². The third kappa shape index (κ3) is 7.28. The smallest absolute Gasteiger partial charge is 0.220 e. The standard InChI is InChI=1S/C17H34N2O/c1-2-3-4-5-6-7-12-17(20)19-14-16-11-9-8-10-15(16)13-18/h15-16H,2-14,18H2,1H3,(H,19,20). The van der Waals surface area contributed by atoms with Crippen molar-refractivity contribution in [3.05, 3.63) is 0 Å². The Bertz CT molecular complexity index is 255. The van der Waals surface area contributed by atoms with Crippen LogP contribution in [-0.4, -0.2) is 19.0 Å². The highest BCUT2D eigenvalue weighted by Gasteiger charge is 2.23. The number of hydrogen-bond acceptors (Lipinski definition) is 2. The Hall–Kier alpha value is -0.570. The van der Waals surface area contributed by atoms with Crippen LogP contribution >= 0.6 is 0 Å². The highest BCUT2D eigenvalue weighted by atomic mass is 16.1. The highest BCUT2D eigenvalue weighted by Crippen LogP contribution is 2.28. The van der Waals surface area contributed by atoms with Crippen molar-refractivity contribution in [3.63, 3.8) is 0 Å². The molecule has 0 spiro atoms. The summed E-state index contributed by atoms with van der Waals surface area (Å²) >= 11 is 0. The Kier molecular flexibility index (Phi) is 9.73. The van der Waals surface area contributed by atoms with Crippen molar-refractivity contribution in [2.75, 3.05) is 13.1 Å². The van der Waals surface area contributed by atoms with Crippen LogP contribution in [0.2, 0.25) is 0 Å². The van der Waals surface area contributed by atoms with Crippen molar-refractivity contribution in [1.82, 2.24) is 5.32 Å². The summed E-state index contributed by atoms with van der Waals surface area (Å²) in [5.41, 5.74) is 5.83. The first-order chi connectivity index (χ1) is 9.77. The molecule has 0 aromatic carbocycles. The van der Waals surface area contributed by atoms with Gasteiger partial charge in [0.25, 0.3) is 0 Å². The molecule has 3 N–H and O–H groups in total. The summed E-state index contributed by atoms with van der Waals surface area (Å²) in [7, 11) is 0. The molecule has 0 radical (unpaired) electrons. The first-order valence-corrected chi connectivity index (χ1v) is 8.74. The van der Waals surface area contributed by atoms with Crippen LogP contribution in [0.3, 0.4) is 0 Å². The summed E-state index contributed by atoms with van der Waals surface area (Å²) in [6, 6.07) is 0. The van der Waals surface area contributed by atoms with Gasteiger partial charge >= 0.3 is 0 Å². The van der Waals surface area contributed by atoms with Crippen molar-refractivity contribution in [2.45, 2.75) is 77.6 Å². The number of nitrogens with two attached hydrogens (primary N) is 1. The fraction of sp³-hybridized carbons (Fsp3) is 0.941. The van der Waals surface area contributed by atoms with Crippen molar-refractivity contribution in [2.24, 2.45) is 17.6 Å². The second-order valence-corrected chi connectivity index (χ2v) is 6.36. The summed E-state index contributed by atoms with van der Waals surface area (Å²) < 4.78 is 0. The van der Waals surface area contributed by atoms with E-state index in [4.69, 9.17) is 5.73 Å². The second-order valence-electron chi connectivity index (χ2n) is 6.36. The predicted molar refractivity (Wildman–Crippen MR) is 85.5 cm³/mol. The lowest BCUT2D eigenvalue weighted by Crippen LogP contribution is -2.36. The molecule has 1 aliphatic carbocycles. The van der Waals surface area contributed by atoms with Crippen molar-refractivity contribution in [3.8, 4) is 0 Å². The number of carbonyl (C=O) groups is 1. The van der Waals surface area contributed by atoms with Gasteiger partial charge in [0.15, 0.2) is 0 Å². The van der Waals surface area contributed by atoms with Gasteiger partial charge in [-0.1, -0.05) is 51.9 Å². The Morgan fingerprint density at radius 2 is 1.70 bits per heavy atom. The van der Waals surface area contributed by atoms with Gasteiger partial charge in [0, 0.05) is 13.0 Å². The summed E-state index contributed by atoms with van der Waals surface area (Å²) in [6.07, 6.45) is 13.2. The summed E-state index contributed by atoms with van der Waals surface area (Å²) in [5.74, 6) is 1.47. The van der Waals surface area contributed by atoms with Crippen LogP contribution in [0.5, 0.6) is 0 Å². The van der Waals surface area contributed by atoms with E-state index < -0.39 is 0 Å². The van der Waals surface area contributed by atoms with Gasteiger partial charge in [-0.15, -0.1) is 0 Å². The molecule has 0 aromatic heterocycles. The Morgan fingerprint density at radius 1 is 1.05 bits per heavy atom. The molecule has 0 heterocycles. The Balaban J connectivity index is 2.04. The van der Waals surface area contributed by atoms with Crippen LogP contribution < -0.4 is 11.1 Å². The maximum atomic E-state index is 11.8. The third-order valence-corrected chi connectivity index (χ3v) is 4.69. The normalized spacial score (nSPS) is 22.7. The predicted octanol–water partition coefficient (Wildman–Crippen LogP) is 3.62. The second kappa shape index (κ2) is 11.1. The van der Waals surface area contributed by atoms with Crippen LogP contribution in [0.4, 0.5) is 0 Å². The van der Waals surface area contributed by atoms with E-state index in [1.165, 1.54) is 57.8 Å². The maximum absolute atomic E-state index is 11.8. The topological polar surface area (TPSA) is 55.1 Å².